The van der Waals surface area contributed by atoms with E-state index in [1.165, 1.54) is 0 Å². The summed E-state index contributed by atoms with van der Waals surface area (Å²) in [4.78, 5) is 16.7. The Balaban J connectivity index is 1.45. The third-order valence-electron chi connectivity index (χ3n) is 4.73. The fourth-order valence-corrected chi connectivity index (χ4v) is 3.30. The Morgan fingerprint density at radius 2 is 1.68 bits per heavy atom. The van der Waals surface area contributed by atoms with Gasteiger partial charge in [-0.3, -0.25) is 9.48 Å². The molecule has 2 fully saturated rings. The maximum Gasteiger partial charge on any atom is 0.257 e. The number of hydrogen-bond donors (Lipinski definition) is 0. The summed E-state index contributed by atoms with van der Waals surface area (Å²) in [5.74, 6) is 0.0887. The van der Waals surface area contributed by atoms with E-state index in [-0.39, 0.29) is 5.91 Å². The van der Waals surface area contributed by atoms with Gasteiger partial charge in [-0.2, -0.15) is 5.10 Å². The lowest BCUT2D eigenvalue weighted by Gasteiger charge is -2.36. The highest BCUT2D eigenvalue weighted by atomic mass is 16.5. The van der Waals surface area contributed by atoms with Crippen molar-refractivity contribution in [1.29, 1.82) is 0 Å². The monoisotopic (exact) mass is 306 g/mol. The number of nitrogens with zero attached hydrogens (tertiary/aromatic N) is 4. The zero-order chi connectivity index (χ0) is 15.5. The van der Waals surface area contributed by atoms with E-state index >= 15 is 0 Å². The zero-order valence-corrected chi connectivity index (χ0v) is 13.6. The SMILES string of the molecule is CN1CCC(OC2CCN(C(=O)c3cnn(C)c3)CC2)CC1. The lowest BCUT2D eigenvalue weighted by atomic mass is 10.0. The summed E-state index contributed by atoms with van der Waals surface area (Å²) in [6.07, 6.45) is 8.29. The van der Waals surface area contributed by atoms with E-state index in [9.17, 15) is 4.79 Å². The Hall–Kier alpha value is -1.40. The van der Waals surface area contributed by atoms with Crippen LogP contribution in [0.25, 0.3) is 0 Å². The van der Waals surface area contributed by atoms with Crippen LogP contribution in [0.15, 0.2) is 12.4 Å². The van der Waals surface area contributed by atoms with Crippen LogP contribution >= 0.6 is 0 Å². The Bertz CT molecular complexity index is 500. The molecule has 22 heavy (non-hydrogen) atoms. The van der Waals surface area contributed by atoms with Crippen LogP contribution < -0.4 is 0 Å². The lowest BCUT2D eigenvalue weighted by molar-refractivity contribution is -0.0599. The van der Waals surface area contributed by atoms with E-state index in [1.807, 2.05) is 11.9 Å². The second-order valence-corrected chi connectivity index (χ2v) is 6.53. The highest BCUT2D eigenvalue weighted by Crippen LogP contribution is 2.21. The Labute approximate surface area is 132 Å². The van der Waals surface area contributed by atoms with Crippen LogP contribution in [-0.4, -0.2) is 70.9 Å². The minimum Gasteiger partial charge on any atom is -0.375 e. The highest BCUT2D eigenvalue weighted by Gasteiger charge is 2.27. The molecule has 3 heterocycles. The number of rotatable bonds is 3. The number of carbonyl (C=O) groups excluding carboxylic acids is 1. The van der Waals surface area contributed by atoms with Crippen molar-refractivity contribution in [3.8, 4) is 0 Å². The molecule has 3 rings (SSSR count). The Kier molecular flexibility index (Phi) is 4.78. The summed E-state index contributed by atoms with van der Waals surface area (Å²) >= 11 is 0. The summed E-state index contributed by atoms with van der Waals surface area (Å²) in [5.41, 5.74) is 0.678. The van der Waals surface area contributed by atoms with Gasteiger partial charge in [0.05, 0.1) is 24.0 Å². The number of aryl methyl sites for hydroxylation is 1. The first-order valence-electron chi connectivity index (χ1n) is 8.24. The standard InChI is InChI=1S/C16H26N4O2/c1-18-7-3-14(4-8-18)22-15-5-9-20(10-6-15)16(21)13-11-17-19(2)12-13/h11-12,14-15H,3-10H2,1-2H3. The number of hydrogen-bond acceptors (Lipinski definition) is 4. The van der Waals surface area contributed by atoms with E-state index in [2.05, 4.69) is 17.0 Å². The molecule has 2 saturated heterocycles. The van der Waals surface area contributed by atoms with Gasteiger partial charge in [0.15, 0.2) is 0 Å². The van der Waals surface area contributed by atoms with Crippen LogP contribution in [0.2, 0.25) is 0 Å². The van der Waals surface area contributed by atoms with Crippen molar-refractivity contribution in [2.45, 2.75) is 37.9 Å². The van der Waals surface area contributed by atoms with Gasteiger partial charge in [0.1, 0.15) is 0 Å². The molecule has 0 aliphatic carbocycles. The van der Waals surface area contributed by atoms with Gasteiger partial charge in [-0.1, -0.05) is 0 Å². The van der Waals surface area contributed by atoms with Crippen LogP contribution in [0.3, 0.4) is 0 Å². The van der Waals surface area contributed by atoms with Crippen LogP contribution in [0, 0.1) is 0 Å². The molecule has 2 aliphatic heterocycles. The van der Waals surface area contributed by atoms with Crippen molar-refractivity contribution < 1.29 is 9.53 Å². The van der Waals surface area contributed by atoms with Crippen molar-refractivity contribution >= 4 is 5.91 Å². The minimum atomic E-state index is 0.0887. The first kappa shape index (κ1) is 15.5. The maximum atomic E-state index is 12.4. The predicted octanol–water partition coefficient (Wildman–Crippen LogP) is 1.14. The maximum absolute atomic E-state index is 12.4. The lowest BCUT2D eigenvalue weighted by Crippen LogP contribution is -2.43. The molecule has 1 aromatic rings. The van der Waals surface area contributed by atoms with Crippen molar-refractivity contribution in [2.75, 3.05) is 33.2 Å². The molecule has 0 radical (unpaired) electrons. The van der Waals surface area contributed by atoms with E-state index in [4.69, 9.17) is 4.74 Å². The summed E-state index contributed by atoms with van der Waals surface area (Å²) in [7, 11) is 4.00. The normalized spacial score (nSPS) is 22.2. The third kappa shape index (κ3) is 3.67. The molecule has 0 unspecified atom stereocenters. The molecule has 6 nitrogen and oxygen atoms in total. The molecule has 1 amide bonds. The molecule has 0 bridgehead atoms. The molecule has 0 aromatic carbocycles. The van der Waals surface area contributed by atoms with Crippen molar-refractivity contribution in [2.24, 2.45) is 7.05 Å². The topological polar surface area (TPSA) is 50.6 Å². The van der Waals surface area contributed by atoms with Crippen molar-refractivity contribution in [1.82, 2.24) is 19.6 Å². The molecular weight excluding hydrogens is 280 g/mol. The highest BCUT2D eigenvalue weighted by molar-refractivity contribution is 5.93. The van der Waals surface area contributed by atoms with Gasteiger partial charge in [-0.05, 0) is 32.7 Å². The number of piperidine rings is 2. The number of ether oxygens (including phenoxy) is 1. The first-order valence-corrected chi connectivity index (χ1v) is 8.24. The summed E-state index contributed by atoms with van der Waals surface area (Å²) in [6.45, 7) is 3.82. The van der Waals surface area contributed by atoms with Crippen LogP contribution in [-0.2, 0) is 11.8 Å². The van der Waals surface area contributed by atoms with Crippen molar-refractivity contribution in [3.63, 3.8) is 0 Å². The molecule has 1 aromatic heterocycles. The number of likely N-dealkylation sites (tertiary alicyclic amines) is 2. The molecular formula is C16H26N4O2. The van der Waals surface area contributed by atoms with Gasteiger partial charge in [0.2, 0.25) is 0 Å². The van der Waals surface area contributed by atoms with Crippen LogP contribution in [0.4, 0.5) is 0 Å². The number of aromatic nitrogens is 2. The third-order valence-corrected chi connectivity index (χ3v) is 4.73. The zero-order valence-electron chi connectivity index (χ0n) is 13.6. The summed E-state index contributed by atoms with van der Waals surface area (Å²) < 4.78 is 7.91. The molecule has 0 saturated carbocycles. The fourth-order valence-electron chi connectivity index (χ4n) is 3.30. The van der Waals surface area contributed by atoms with E-state index in [0.717, 1.165) is 51.9 Å². The van der Waals surface area contributed by atoms with Crippen molar-refractivity contribution in [3.05, 3.63) is 18.0 Å². The predicted molar refractivity (Wildman–Crippen MR) is 83.7 cm³/mol. The van der Waals surface area contributed by atoms with Crippen LogP contribution in [0.5, 0.6) is 0 Å². The molecule has 0 spiro atoms. The minimum absolute atomic E-state index is 0.0887. The molecule has 6 heteroatoms. The van der Waals surface area contributed by atoms with Gasteiger partial charge in [-0.15, -0.1) is 0 Å². The number of carbonyl (C=O) groups is 1. The Morgan fingerprint density at radius 1 is 1.09 bits per heavy atom. The Morgan fingerprint density at radius 3 is 2.23 bits per heavy atom. The van der Waals surface area contributed by atoms with Gasteiger partial charge < -0.3 is 14.5 Å². The second kappa shape index (κ2) is 6.79. The van der Waals surface area contributed by atoms with E-state index in [1.54, 1.807) is 17.1 Å². The quantitative estimate of drug-likeness (QED) is 0.840. The number of amides is 1. The van der Waals surface area contributed by atoms with E-state index in [0.29, 0.717) is 17.8 Å². The largest absolute Gasteiger partial charge is 0.375 e. The molecule has 0 atom stereocenters. The first-order chi connectivity index (χ1) is 10.6. The second-order valence-electron chi connectivity index (χ2n) is 6.53. The average molecular weight is 306 g/mol. The van der Waals surface area contributed by atoms with Gasteiger partial charge in [-0.25, -0.2) is 0 Å². The molecule has 122 valence electrons. The van der Waals surface area contributed by atoms with Gasteiger partial charge in [0, 0.05) is 39.4 Å². The van der Waals surface area contributed by atoms with Gasteiger partial charge >= 0.3 is 0 Å². The average Bonchev–Trinajstić information content (AvgIpc) is 2.96. The molecule has 0 N–H and O–H groups in total. The fraction of sp³-hybridized carbons (Fsp3) is 0.750. The summed E-state index contributed by atoms with van der Waals surface area (Å²) in [6, 6.07) is 0. The van der Waals surface area contributed by atoms with E-state index < -0.39 is 0 Å². The van der Waals surface area contributed by atoms with Crippen LogP contribution in [0.1, 0.15) is 36.0 Å². The molecule has 2 aliphatic rings. The summed E-state index contributed by atoms with van der Waals surface area (Å²) in [5, 5.41) is 4.07. The van der Waals surface area contributed by atoms with Gasteiger partial charge in [0.25, 0.3) is 5.91 Å². The smallest absolute Gasteiger partial charge is 0.257 e.